The van der Waals surface area contributed by atoms with Crippen molar-refractivity contribution in [3.05, 3.63) is 22.7 Å². The Hall–Kier alpha value is -1.43. The molecule has 2 aliphatic rings. The van der Waals surface area contributed by atoms with E-state index in [0.29, 0.717) is 0 Å². The van der Waals surface area contributed by atoms with E-state index in [4.69, 9.17) is 24.0 Å². The van der Waals surface area contributed by atoms with Gasteiger partial charge in [0.15, 0.2) is 11.8 Å². The monoisotopic (exact) mass is 397 g/mol. The predicted molar refractivity (Wildman–Crippen MR) is 82.4 cm³/mol. The number of hydrogen-bond donors (Lipinski definition) is 2. The maximum Gasteiger partial charge on any atom is 0.475 e. The van der Waals surface area contributed by atoms with Gasteiger partial charge in [-0.1, -0.05) is 0 Å². The molecule has 146 valence electrons. The van der Waals surface area contributed by atoms with Crippen molar-refractivity contribution in [2.45, 2.75) is 50.4 Å². The third-order valence-corrected chi connectivity index (χ3v) is 5.56. The van der Waals surface area contributed by atoms with Crippen LogP contribution in [-0.4, -0.2) is 51.6 Å². The average Bonchev–Trinajstić information content (AvgIpc) is 2.80. The van der Waals surface area contributed by atoms with E-state index in [1.165, 1.54) is 6.07 Å². The molecule has 3 rings (SSSR count). The summed E-state index contributed by atoms with van der Waals surface area (Å²) in [5.41, 5.74) is 2.04. The third-order valence-electron chi connectivity index (χ3n) is 3.95. The highest BCUT2D eigenvalue weighted by Gasteiger charge is 2.67. The van der Waals surface area contributed by atoms with Crippen LogP contribution in [-0.2, 0) is 22.9 Å². The lowest BCUT2D eigenvalue weighted by Crippen LogP contribution is -2.56. The molecule has 1 unspecified atom stereocenters. The number of ether oxygens (including phenoxy) is 1. The number of aromatic nitrogens is 2. The van der Waals surface area contributed by atoms with E-state index in [-0.39, 0.29) is 5.82 Å². The third kappa shape index (κ3) is 3.17. The van der Waals surface area contributed by atoms with Crippen molar-refractivity contribution in [1.29, 1.82) is 0 Å². The number of phosphoric acid groups is 1. The molecular weight excluding hydrogens is 379 g/mol. The lowest BCUT2D eigenvalue weighted by Gasteiger charge is -2.39. The standard InChI is InChI=1S/C13H18F2N3O7P/c1-6(2)24-26(21)22-5-13(11(14)15)9(25-26)8(19)10(23-13)18-4-3-7(16)17-12(18)20/h3-4,6,8-11,19H,5H2,1-2H3,(H2,16,17,20)/t8-,9+,10-,13-,26?/m1/s1. The molecule has 1 aromatic rings. The molecule has 0 radical (unpaired) electrons. The Balaban J connectivity index is 1.97. The minimum Gasteiger partial charge on any atom is -0.386 e. The number of hydrogen-bond acceptors (Lipinski definition) is 9. The lowest BCUT2D eigenvalue weighted by molar-refractivity contribution is -0.208. The number of nitrogens with zero attached hydrogens (tertiary/aromatic N) is 2. The van der Waals surface area contributed by atoms with Crippen LogP contribution in [0.1, 0.15) is 20.1 Å². The van der Waals surface area contributed by atoms with Gasteiger partial charge in [0.2, 0.25) is 0 Å². The molecule has 26 heavy (non-hydrogen) atoms. The minimum atomic E-state index is -4.19. The molecule has 1 aromatic heterocycles. The second kappa shape index (κ2) is 6.63. The molecule has 0 aliphatic carbocycles. The molecule has 13 heteroatoms. The SMILES string of the molecule is CC(C)OP1(=O)OC[C@@]2(C(F)F)O[C@@H](n3ccc(N)nc3=O)[C@H](O)[C@@H]2O1. The molecule has 0 spiro atoms. The van der Waals surface area contributed by atoms with Crippen molar-refractivity contribution in [1.82, 2.24) is 9.55 Å². The number of phosphoric ester groups is 1. The number of anilines is 1. The molecule has 0 aromatic carbocycles. The van der Waals surface area contributed by atoms with Gasteiger partial charge in [-0.25, -0.2) is 18.1 Å². The summed E-state index contributed by atoms with van der Waals surface area (Å²) in [6.07, 6.45) is -7.70. The summed E-state index contributed by atoms with van der Waals surface area (Å²) >= 11 is 0. The Bertz CT molecular complexity index is 791. The Kier molecular flexibility index (Phi) is 4.93. The average molecular weight is 397 g/mol. The zero-order chi connectivity index (χ0) is 19.3. The maximum absolute atomic E-state index is 13.8. The molecule has 2 aliphatic heterocycles. The van der Waals surface area contributed by atoms with Gasteiger partial charge in [-0.3, -0.25) is 18.1 Å². The summed E-state index contributed by atoms with van der Waals surface area (Å²) in [5, 5.41) is 10.5. The molecule has 10 nitrogen and oxygen atoms in total. The van der Waals surface area contributed by atoms with Crippen LogP contribution in [0.15, 0.2) is 17.1 Å². The van der Waals surface area contributed by atoms with Gasteiger partial charge in [-0.05, 0) is 19.9 Å². The fourth-order valence-electron chi connectivity index (χ4n) is 2.81. The highest BCUT2D eigenvalue weighted by Crippen LogP contribution is 2.61. The molecule has 0 saturated carbocycles. The lowest BCUT2D eigenvalue weighted by atomic mass is 9.96. The van der Waals surface area contributed by atoms with Gasteiger partial charge in [-0.15, -0.1) is 0 Å². The quantitative estimate of drug-likeness (QED) is 0.703. The van der Waals surface area contributed by atoms with E-state index in [1.54, 1.807) is 13.8 Å². The number of nitrogen functional groups attached to an aromatic ring is 1. The highest BCUT2D eigenvalue weighted by molar-refractivity contribution is 7.48. The topological polar surface area (TPSA) is 135 Å². The molecule has 0 bridgehead atoms. The van der Waals surface area contributed by atoms with Gasteiger partial charge in [0, 0.05) is 6.20 Å². The van der Waals surface area contributed by atoms with Crippen molar-refractivity contribution in [3.63, 3.8) is 0 Å². The van der Waals surface area contributed by atoms with Crippen molar-refractivity contribution in [2.75, 3.05) is 12.3 Å². The molecular formula is C13H18F2N3O7P. The van der Waals surface area contributed by atoms with Crippen LogP contribution < -0.4 is 11.4 Å². The van der Waals surface area contributed by atoms with E-state index < -0.39 is 56.7 Å². The van der Waals surface area contributed by atoms with Gasteiger partial charge in [0.25, 0.3) is 6.43 Å². The van der Waals surface area contributed by atoms with E-state index in [2.05, 4.69) is 4.98 Å². The zero-order valence-electron chi connectivity index (χ0n) is 13.8. The van der Waals surface area contributed by atoms with Crippen LogP contribution in [0.4, 0.5) is 14.6 Å². The summed E-state index contributed by atoms with van der Waals surface area (Å²) in [5.74, 6) is -0.0888. The Morgan fingerprint density at radius 2 is 2.23 bits per heavy atom. The van der Waals surface area contributed by atoms with Gasteiger partial charge >= 0.3 is 13.5 Å². The van der Waals surface area contributed by atoms with Crippen molar-refractivity contribution in [2.24, 2.45) is 0 Å². The number of aliphatic hydroxyl groups is 1. The van der Waals surface area contributed by atoms with Crippen LogP contribution in [0.5, 0.6) is 0 Å². The summed E-state index contributed by atoms with van der Waals surface area (Å²) in [6, 6.07) is 1.23. The Morgan fingerprint density at radius 3 is 2.81 bits per heavy atom. The molecule has 5 atom stereocenters. The van der Waals surface area contributed by atoms with Crippen LogP contribution in [0.25, 0.3) is 0 Å². The maximum atomic E-state index is 13.8. The normalized spacial score (nSPS) is 37.3. The first kappa shape index (κ1) is 19.3. The second-order valence-corrected chi connectivity index (χ2v) is 7.77. The summed E-state index contributed by atoms with van der Waals surface area (Å²) in [7, 11) is -4.19. The predicted octanol–water partition coefficient (Wildman–Crippen LogP) is 0.668. The summed E-state index contributed by atoms with van der Waals surface area (Å²) < 4.78 is 61.1. The van der Waals surface area contributed by atoms with Gasteiger partial charge in [-0.2, -0.15) is 4.98 Å². The second-order valence-electron chi connectivity index (χ2n) is 6.20. The number of aliphatic hydroxyl groups excluding tert-OH is 1. The Morgan fingerprint density at radius 1 is 1.54 bits per heavy atom. The minimum absolute atomic E-state index is 0.0888. The van der Waals surface area contributed by atoms with Crippen LogP contribution in [0, 0.1) is 0 Å². The Labute approximate surface area is 146 Å². The number of alkyl halides is 2. The largest absolute Gasteiger partial charge is 0.475 e. The molecule has 3 heterocycles. The van der Waals surface area contributed by atoms with Crippen molar-refractivity contribution in [3.8, 4) is 0 Å². The van der Waals surface area contributed by atoms with E-state index in [0.717, 1.165) is 10.8 Å². The number of nitrogens with two attached hydrogens (primary N) is 1. The fraction of sp³-hybridized carbons (Fsp3) is 0.692. The van der Waals surface area contributed by atoms with Crippen LogP contribution >= 0.6 is 7.82 Å². The van der Waals surface area contributed by atoms with Crippen LogP contribution in [0.3, 0.4) is 0 Å². The first-order chi connectivity index (χ1) is 12.1. The first-order valence-electron chi connectivity index (χ1n) is 7.68. The molecule has 0 amide bonds. The van der Waals surface area contributed by atoms with E-state index in [1.807, 2.05) is 0 Å². The van der Waals surface area contributed by atoms with Crippen molar-refractivity contribution >= 4 is 13.6 Å². The number of halogens is 2. The first-order valence-corrected chi connectivity index (χ1v) is 9.14. The van der Waals surface area contributed by atoms with Crippen molar-refractivity contribution < 1.29 is 36.8 Å². The molecule has 3 N–H and O–H groups in total. The highest BCUT2D eigenvalue weighted by atomic mass is 31.2. The van der Waals surface area contributed by atoms with Gasteiger partial charge in [0.1, 0.15) is 18.0 Å². The number of rotatable bonds is 4. The summed E-state index contributed by atoms with van der Waals surface area (Å²) in [6.45, 7) is 2.24. The summed E-state index contributed by atoms with van der Waals surface area (Å²) in [4.78, 5) is 15.4. The van der Waals surface area contributed by atoms with Crippen LogP contribution in [0.2, 0.25) is 0 Å². The smallest absolute Gasteiger partial charge is 0.386 e. The molecule has 2 saturated heterocycles. The number of fused-ring (bicyclic) bond motifs is 1. The van der Waals surface area contributed by atoms with Gasteiger partial charge in [0.05, 0.1) is 12.7 Å². The zero-order valence-corrected chi connectivity index (χ0v) is 14.7. The van der Waals surface area contributed by atoms with E-state index >= 15 is 0 Å². The fourth-order valence-corrected chi connectivity index (χ4v) is 4.44. The van der Waals surface area contributed by atoms with Gasteiger partial charge < -0.3 is 15.6 Å². The van der Waals surface area contributed by atoms with E-state index in [9.17, 15) is 23.2 Å². The molecule has 2 fully saturated rings.